The Hall–Kier alpha value is -1.35. The number of rotatable bonds is 2. The fraction of sp³-hybridized carbons (Fsp3) is 0.300. The van der Waals surface area contributed by atoms with E-state index in [1.54, 1.807) is 0 Å². The molecule has 0 saturated carbocycles. The number of nitrogens with two attached hydrogens (primary N) is 1. The third-order valence-corrected chi connectivity index (χ3v) is 2.30. The molecule has 0 fully saturated rings. The van der Waals surface area contributed by atoms with Gasteiger partial charge < -0.3 is 5.73 Å². The Labute approximate surface area is 76.9 Å². The van der Waals surface area contributed by atoms with Gasteiger partial charge in [0.25, 0.3) is 0 Å². The second-order valence-electron chi connectivity index (χ2n) is 3.17. The van der Waals surface area contributed by atoms with E-state index in [4.69, 9.17) is 5.73 Å². The van der Waals surface area contributed by atoms with Crippen molar-refractivity contribution >= 4 is 10.9 Å². The topological polar surface area (TPSA) is 54.7 Å². The van der Waals surface area contributed by atoms with Gasteiger partial charge in [-0.05, 0) is 12.5 Å². The predicted molar refractivity (Wildman–Crippen MR) is 53.3 cm³/mol. The lowest BCUT2D eigenvalue weighted by Crippen LogP contribution is -2.09. The number of benzene rings is 1. The van der Waals surface area contributed by atoms with Crippen molar-refractivity contribution in [2.24, 2.45) is 5.73 Å². The maximum atomic E-state index is 5.93. The van der Waals surface area contributed by atoms with Crippen LogP contribution in [0.3, 0.4) is 0 Å². The SMILES string of the molecule is CCC(N)c1[nH]nc2ccccc12. The highest BCUT2D eigenvalue weighted by Gasteiger charge is 2.09. The standard InChI is InChI=1S/C10H13N3/c1-2-8(11)10-7-5-3-4-6-9(7)12-13-10/h3-6,8H,2,11H2,1H3,(H,12,13). The lowest BCUT2D eigenvalue weighted by molar-refractivity contribution is 0.676. The van der Waals surface area contributed by atoms with Gasteiger partial charge in [0.05, 0.1) is 11.2 Å². The largest absolute Gasteiger partial charge is 0.323 e. The quantitative estimate of drug-likeness (QED) is 0.733. The van der Waals surface area contributed by atoms with Crippen LogP contribution in [-0.2, 0) is 0 Å². The van der Waals surface area contributed by atoms with Crippen molar-refractivity contribution in [3.8, 4) is 0 Å². The van der Waals surface area contributed by atoms with Crippen LogP contribution in [0.5, 0.6) is 0 Å². The molecule has 1 aromatic carbocycles. The van der Waals surface area contributed by atoms with Crippen molar-refractivity contribution in [1.29, 1.82) is 0 Å². The van der Waals surface area contributed by atoms with Gasteiger partial charge in [-0.3, -0.25) is 5.10 Å². The first-order chi connectivity index (χ1) is 6.33. The summed E-state index contributed by atoms with van der Waals surface area (Å²) in [4.78, 5) is 0. The molecule has 0 aliphatic carbocycles. The Bertz CT molecular complexity index is 405. The zero-order valence-corrected chi connectivity index (χ0v) is 7.62. The minimum atomic E-state index is 0.0624. The van der Waals surface area contributed by atoms with E-state index in [9.17, 15) is 0 Å². The number of aromatic amines is 1. The van der Waals surface area contributed by atoms with Crippen LogP contribution in [0.4, 0.5) is 0 Å². The highest BCUT2D eigenvalue weighted by Crippen LogP contribution is 2.21. The highest BCUT2D eigenvalue weighted by molar-refractivity contribution is 5.81. The molecule has 68 valence electrons. The zero-order valence-electron chi connectivity index (χ0n) is 7.62. The highest BCUT2D eigenvalue weighted by atomic mass is 15.1. The van der Waals surface area contributed by atoms with Gasteiger partial charge in [-0.15, -0.1) is 0 Å². The van der Waals surface area contributed by atoms with Crippen molar-refractivity contribution in [2.75, 3.05) is 0 Å². The fourth-order valence-electron chi connectivity index (χ4n) is 1.47. The molecule has 1 unspecified atom stereocenters. The number of nitrogens with one attached hydrogen (secondary N) is 1. The van der Waals surface area contributed by atoms with Crippen molar-refractivity contribution < 1.29 is 0 Å². The molecular formula is C10H13N3. The van der Waals surface area contributed by atoms with E-state index in [0.29, 0.717) is 0 Å². The van der Waals surface area contributed by atoms with Crippen LogP contribution in [0, 0.1) is 0 Å². The lowest BCUT2D eigenvalue weighted by atomic mass is 10.1. The Morgan fingerprint density at radius 2 is 2.23 bits per heavy atom. The van der Waals surface area contributed by atoms with Crippen LogP contribution in [0.2, 0.25) is 0 Å². The summed E-state index contributed by atoms with van der Waals surface area (Å²) in [5, 5.41) is 8.31. The number of para-hydroxylation sites is 1. The molecule has 1 atom stereocenters. The molecule has 0 saturated heterocycles. The molecule has 2 rings (SSSR count). The molecule has 3 heteroatoms. The molecule has 2 aromatic rings. The normalized spacial score (nSPS) is 13.4. The van der Waals surface area contributed by atoms with Gasteiger partial charge in [-0.2, -0.15) is 5.10 Å². The third kappa shape index (κ3) is 1.31. The molecule has 3 N–H and O–H groups in total. The number of aromatic nitrogens is 2. The first-order valence-corrected chi connectivity index (χ1v) is 4.51. The smallest absolute Gasteiger partial charge is 0.0924 e. The first-order valence-electron chi connectivity index (χ1n) is 4.51. The van der Waals surface area contributed by atoms with Crippen molar-refractivity contribution in [2.45, 2.75) is 19.4 Å². The summed E-state index contributed by atoms with van der Waals surface area (Å²) in [5.74, 6) is 0. The fourth-order valence-corrected chi connectivity index (χ4v) is 1.47. The molecular weight excluding hydrogens is 162 g/mol. The molecule has 0 spiro atoms. The van der Waals surface area contributed by atoms with E-state index in [1.807, 2.05) is 24.3 Å². The van der Waals surface area contributed by atoms with Gasteiger partial charge >= 0.3 is 0 Å². The average Bonchev–Trinajstić information content (AvgIpc) is 2.60. The van der Waals surface area contributed by atoms with Gasteiger partial charge in [0.2, 0.25) is 0 Å². The number of H-pyrrole nitrogens is 1. The summed E-state index contributed by atoms with van der Waals surface area (Å²) >= 11 is 0. The number of hydrogen-bond acceptors (Lipinski definition) is 2. The molecule has 1 heterocycles. The van der Waals surface area contributed by atoms with Gasteiger partial charge in [-0.1, -0.05) is 25.1 Å². The average molecular weight is 175 g/mol. The Kier molecular flexibility index (Phi) is 2.02. The summed E-state index contributed by atoms with van der Waals surface area (Å²) < 4.78 is 0. The van der Waals surface area contributed by atoms with Crippen molar-refractivity contribution in [1.82, 2.24) is 10.2 Å². The van der Waals surface area contributed by atoms with E-state index < -0.39 is 0 Å². The van der Waals surface area contributed by atoms with Gasteiger partial charge in [-0.25, -0.2) is 0 Å². The second-order valence-corrected chi connectivity index (χ2v) is 3.17. The van der Waals surface area contributed by atoms with Crippen LogP contribution in [0.25, 0.3) is 10.9 Å². The number of fused-ring (bicyclic) bond motifs is 1. The minimum absolute atomic E-state index is 0.0624. The van der Waals surface area contributed by atoms with Crippen molar-refractivity contribution in [3.63, 3.8) is 0 Å². The van der Waals surface area contributed by atoms with Crippen LogP contribution in [0.1, 0.15) is 25.1 Å². The molecule has 1 aromatic heterocycles. The van der Waals surface area contributed by atoms with E-state index in [1.165, 1.54) is 0 Å². The van der Waals surface area contributed by atoms with Crippen molar-refractivity contribution in [3.05, 3.63) is 30.0 Å². The van der Waals surface area contributed by atoms with Crippen LogP contribution in [-0.4, -0.2) is 10.2 Å². The van der Waals surface area contributed by atoms with Crippen LogP contribution in [0.15, 0.2) is 24.3 Å². The minimum Gasteiger partial charge on any atom is -0.323 e. The Balaban J connectivity index is 2.57. The van der Waals surface area contributed by atoms with E-state index in [2.05, 4.69) is 17.1 Å². The van der Waals surface area contributed by atoms with Gasteiger partial charge in [0, 0.05) is 11.4 Å². The van der Waals surface area contributed by atoms with Crippen LogP contribution < -0.4 is 5.73 Å². The molecule has 3 nitrogen and oxygen atoms in total. The number of nitrogens with zero attached hydrogens (tertiary/aromatic N) is 1. The maximum absolute atomic E-state index is 5.93. The molecule has 0 bridgehead atoms. The monoisotopic (exact) mass is 175 g/mol. The predicted octanol–water partition coefficient (Wildman–Crippen LogP) is 1.97. The maximum Gasteiger partial charge on any atom is 0.0924 e. The summed E-state index contributed by atoms with van der Waals surface area (Å²) in [7, 11) is 0. The summed E-state index contributed by atoms with van der Waals surface area (Å²) in [5.41, 5.74) is 7.96. The Morgan fingerprint density at radius 1 is 1.46 bits per heavy atom. The molecule has 0 radical (unpaired) electrons. The van der Waals surface area contributed by atoms with Gasteiger partial charge in [0.15, 0.2) is 0 Å². The summed E-state index contributed by atoms with van der Waals surface area (Å²) in [6.45, 7) is 2.07. The second kappa shape index (κ2) is 3.18. The Morgan fingerprint density at radius 3 is 3.00 bits per heavy atom. The molecule has 0 aliphatic rings. The zero-order chi connectivity index (χ0) is 9.26. The van der Waals surface area contributed by atoms with E-state index in [0.717, 1.165) is 23.0 Å². The van der Waals surface area contributed by atoms with Gasteiger partial charge in [0.1, 0.15) is 0 Å². The molecule has 13 heavy (non-hydrogen) atoms. The summed E-state index contributed by atoms with van der Waals surface area (Å²) in [6.07, 6.45) is 0.923. The number of hydrogen-bond donors (Lipinski definition) is 2. The van der Waals surface area contributed by atoms with Crippen LogP contribution >= 0.6 is 0 Å². The molecule has 0 amide bonds. The summed E-state index contributed by atoms with van der Waals surface area (Å²) in [6, 6.07) is 8.07. The van der Waals surface area contributed by atoms with E-state index >= 15 is 0 Å². The molecule has 0 aliphatic heterocycles. The van der Waals surface area contributed by atoms with E-state index in [-0.39, 0.29) is 6.04 Å². The third-order valence-electron chi connectivity index (χ3n) is 2.30. The lowest BCUT2D eigenvalue weighted by Gasteiger charge is -2.05. The first kappa shape index (κ1) is 8.26.